The molecule has 0 fully saturated rings. The molecule has 34 heavy (non-hydrogen) atoms. The van der Waals surface area contributed by atoms with Crippen LogP contribution in [0, 0.1) is 10.1 Å². The third-order valence-electron chi connectivity index (χ3n) is 4.42. The summed E-state index contributed by atoms with van der Waals surface area (Å²) in [4.78, 5) is 34.6. The molecule has 10 nitrogen and oxygen atoms in total. The van der Waals surface area contributed by atoms with Gasteiger partial charge in [-0.05, 0) is 67.1 Å². The van der Waals surface area contributed by atoms with Crippen molar-refractivity contribution in [2.24, 2.45) is 5.10 Å². The van der Waals surface area contributed by atoms with Gasteiger partial charge in [0, 0.05) is 11.8 Å². The molecule has 0 unspecified atom stereocenters. The quantitative estimate of drug-likeness (QED) is 0.268. The SMILES string of the molecule is CCOc1ccc(NC(=O)COc2ccc(/C=N\NC(=O)c3ccccc3[N+](=O)[O-])cc2)cc1. The molecule has 2 N–H and O–H groups in total. The Labute approximate surface area is 195 Å². The minimum atomic E-state index is -0.693. The van der Waals surface area contributed by atoms with Gasteiger partial charge < -0.3 is 14.8 Å². The first-order chi connectivity index (χ1) is 16.5. The summed E-state index contributed by atoms with van der Waals surface area (Å²) < 4.78 is 10.8. The van der Waals surface area contributed by atoms with Crippen LogP contribution in [0.1, 0.15) is 22.8 Å². The lowest BCUT2D eigenvalue weighted by Crippen LogP contribution is -2.20. The van der Waals surface area contributed by atoms with Gasteiger partial charge in [0.05, 0.1) is 17.7 Å². The van der Waals surface area contributed by atoms with Gasteiger partial charge in [-0.25, -0.2) is 5.43 Å². The molecular formula is C24H22N4O6. The molecule has 3 aromatic carbocycles. The summed E-state index contributed by atoms with van der Waals surface area (Å²) in [5.74, 6) is 0.193. The van der Waals surface area contributed by atoms with Gasteiger partial charge in [-0.15, -0.1) is 0 Å². The Bertz CT molecular complexity index is 1180. The minimum absolute atomic E-state index is 0.0862. The van der Waals surface area contributed by atoms with E-state index >= 15 is 0 Å². The second-order valence-corrected chi connectivity index (χ2v) is 6.84. The fourth-order valence-corrected chi connectivity index (χ4v) is 2.85. The molecule has 0 heterocycles. The average Bonchev–Trinajstić information content (AvgIpc) is 2.85. The molecule has 0 atom stereocenters. The van der Waals surface area contributed by atoms with Crippen LogP contribution in [0.15, 0.2) is 77.9 Å². The first-order valence-electron chi connectivity index (χ1n) is 10.3. The fraction of sp³-hybridized carbons (Fsp3) is 0.125. The second-order valence-electron chi connectivity index (χ2n) is 6.84. The number of carbonyl (C=O) groups excluding carboxylic acids is 2. The zero-order valence-corrected chi connectivity index (χ0v) is 18.3. The summed E-state index contributed by atoms with van der Waals surface area (Å²) in [5.41, 5.74) is 3.15. The number of para-hydroxylation sites is 1. The summed E-state index contributed by atoms with van der Waals surface area (Å²) in [7, 11) is 0. The summed E-state index contributed by atoms with van der Waals surface area (Å²) >= 11 is 0. The van der Waals surface area contributed by atoms with Crippen molar-refractivity contribution >= 4 is 29.4 Å². The molecule has 0 saturated heterocycles. The van der Waals surface area contributed by atoms with Crippen LogP contribution in [0.2, 0.25) is 0 Å². The van der Waals surface area contributed by atoms with Crippen LogP contribution in [0.4, 0.5) is 11.4 Å². The number of carbonyl (C=O) groups is 2. The first kappa shape index (κ1) is 23.9. The van der Waals surface area contributed by atoms with E-state index in [4.69, 9.17) is 9.47 Å². The smallest absolute Gasteiger partial charge is 0.282 e. The van der Waals surface area contributed by atoms with Crippen LogP contribution in [-0.2, 0) is 4.79 Å². The zero-order valence-electron chi connectivity index (χ0n) is 18.3. The lowest BCUT2D eigenvalue weighted by atomic mass is 10.2. The highest BCUT2D eigenvalue weighted by atomic mass is 16.6. The molecule has 0 bridgehead atoms. The highest BCUT2D eigenvalue weighted by Gasteiger charge is 2.18. The molecule has 10 heteroatoms. The van der Waals surface area contributed by atoms with E-state index in [1.165, 1.54) is 30.5 Å². The fourth-order valence-electron chi connectivity index (χ4n) is 2.85. The van der Waals surface area contributed by atoms with E-state index in [1.807, 2.05) is 6.92 Å². The van der Waals surface area contributed by atoms with Crippen molar-refractivity contribution in [3.63, 3.8) is 0 Å². The summed E-state index contributed by atoms with van der Waals surface area (Å²) in [5, 5.41) is 17.6. The molecule has 0 aliphatic carbocycles. The Morgan fingerprint density at radius 2 is 1.62 bits per heavy atom. The topological polar surface area (TPSA) is 132 Å². The number of hydrogen-bond acceptors (Lipinski definition) is 7. The van der Waals surface area contributed by atoms with Gasteiger partial charge in [0.15, 0.2) is 6.61 Å². The van der Waals surface area contributed by atoms with Gasteiger partial charge >= 0.3 is 0 Å². The molecule has 174 valence electrons. The molecule has 2 amide bonds. The van der Waals surface area contributed by atoms with E-state index < -0.39 is 10.8 Å². The standard InChI is InChI=1S/C24H22N4O6/c1-2-33-19-13-9-18(10-14-19)26-23(29)16-34-20-11-7-17(8-12-20)15-25-27-24(30)21-5-3-4-6-22(21)28(31)32/h3-15H,2,16H2,1H3,(H,26,29)(H,27,30)/b25-15-. The van der Waals surface area contributed by atoms with E-state index in [2.05, 4.69) is 15.8 Å². The van der Waals surface area contributed by atoms with Crippen LogP contribution < -0.4 is 20.2 Å². The summed E-state index contributed by atoms with van der Waals surface area (Å²) in [6.45, 7) is 2.29. The number of nitrogens with one attached hydrogen (secondary N) is 2. The third-order valence-corrected chi connectivity index (χ3v) is 4.42. The lowest BCUT2D eigenvalue weighted by molar-refractivity contribution is -0.385. The largest absolute Gasteiger partial charge is 0.494 e. The number of nitrogens with zero attached hydrogens (tertiary/aromatic N) is 2. The van der Waals surface area contributed by atoms with Crippen LogP contribution in [0.3, 0.4) is 0 Å². The van der Waals surface area contributed by atoms with Crippen LogP contribution >= 0.6 is 0 Å². The molecule has 0 saturated carbocycles. The van der Waals surface area contributed by atoms with Crippen LogP contribution in [-0.4, -0.2) is 36.2 Å². The van der Waals surface area contributed by atoms with E-state index in [9.17, 15) is 19.7 Å². The van der Waals surface area contributed by atoms with Gasteiger partial charge in [0.1, 0.15) is 17.1 Å². The Morgan fingerprint density at radius 3 is 2.29 bits per heavy atom. The Balaban J connectivity index is 1.47. The van der Waals surface area contributed by atoms with E-state index in [0.29, 0.717) is 23.6 Å². The van der Waals surface area contributed by atoms with Gasteiger partial charge in [-0.3, -0.25) is 19.7 Å². The summed E-state index contributed by atoms with van der Waals surface area (Å²) in [6, 6.07) is 19.3. The third kappa shape index (κ3) is 6.89. The van der Waals surface area contributed by atoms with E-state index in [1.54, 1.807) is 48.5 Å². The normalized spacial score (nSPS) is 10.5. The van der Waals surface area contributed by atoms with Gasteiger partial charge in [0.2, 0.25) is 0 Å². The van der Waals surface area contributed by atoms with Crippen molar-refractivity contribution in [2.45, 2.75) is 6.92 Å². The summed E-state index contributed by atoms with van der Waals surface area (Å²) in [6.07, 6.45) is 1.38. The monoisotopic (exact) mass is 462 g/mol. The van der Waals surface area contributed by atoms with Crippen molar-refractivity contribution in [3.8, 4) is 11.5 Å². The first-order valence-corrected chi connectivity index (χ1v) is 10.3. The van der Waals surface area contributed by atoms with Crippen LogP contribution in [0.5, 0.6) is 11.5 Å². The maximum Gasteiger partial charge on any atom is 0.282 e. The van der Waals surface area contributed by atoms with Crippen molar-refractivity contribution in [2.75, 3.05) is 18.5 Å². The highest BCUT2D eigenvalue weighted by molar-refractivity contribution is 5.98. The maximum absolute atomic E-state index is 12.1. The second kappa shape index (κ2) is 11.8. The number of ether oxygens (including phenoxy) is 2. The van der Waals surface area contributed by atoms with Crippen molar-refractivity contribution in [1.82, 2.24) is 5.43 Å². The Hall–Kier alpha value is -4.73. The number of rotatable bonds is 10. The number of anilines is 1. The molecule has 3 aromatic rings. The van der Waals surface area contributed by atoms with Gasteiger partial charge in [-0.1, -0.05) is 12.1 Å². The average molecular weight is 462 g/mol. The molecule has 0 aliphatic rings. The number of hydrogen-bond donors (Lipinski definition) is 2. The minimum Gasteiger partial charge on any atom is -0.494 e. The number of hydrazone groups is 1. The van der Waals surface area contributed by atoms with Crippen LogP contribution in [0.25, 0.3) is 0 Å². The van der Waals surface area contributed by atoms with Gasteiger partial charge in [-0.2, -0.15) is 5.10 Å². The number of benzene rings is 3. The van der Waals surface area contributed by atoms with E-state index in [0.717, 1.165) is 5.75 Å². The predicted octanol–water partition coefficient (Wildman–Crippen LogP) is 3.77. The molecule has 0 aliphatic heterocycles. The molecular weight excluding hydrogens is 440 g/mol. The lowest BCUT2D eigenvalue weighted by Gasteiger charge is -2.09. The van der Waals surface area contributed by atoms with Gasteiger partial charge in [0.25, 0.3) is 17.5 Å². The Kier molecular flexibility index (Phi) is 8.28. The maximum atomic E-state index is 12.1. The highest BCUT2D eigenvalue weighted by Crippen LogP contribution is 2.18. The molecule has 3 rings (SSSR count). The zero-order chi connectivity index (χ0) is 24.3. The molecule has 0 spiro atoms. The number of amides is 2. The molecule has 0 radical (unpaired) electrons. The predicted molar refractivity (Wildman–Crippen MR) is 126 cm³/mol. The van der Waals surface area contributed by atoms with Crippen molar-refractivity contribution < 1.29 is 24.0 Å². The van der Waals surface area contributed by atoms with Crippen molar-refractivity contribution in [3.05, 3.63) is 94.0 Å². The van der Waals surface area contributed by atoms with E-state index in [-0.39, 0.29) is 23.8 Å². The number of nitro benzene ring substituents is 1. The van der Waals surface area contributed by atoms with Crippen molar-refractivity contribution in [1.29, 1.82) is 0 Å². The Morgan fingerprint density at radius 1 is 0.971 bits per heavy atom. The number of nitro groups is 1. The molecule has 0 aromatic heterocycles.